The molecule has 0 spiro atoms. The lowest BCUT2D eigenvalue weighted by atomic mass is 10.1. The van der Waals surface area contributed by atoms with Gasteiger partial charge in [-0.2, -0.15) is 0 Å². The molecule has 1 aliphatic heterocycles. The van der Waals surface area contributed by atoms with Gasteiger partial charge in [-0.15, -0.1) is 0 Å². The molecule has 1 aliphatic rings. The van der Waals surface area contributed by atoms with Crippen LogP contribution in [-0.4, -0.2) is 35.8 Å². The number of ether oxygens (including phenoxy) is 3. The number of amides is 1. The topological polar surface area (TPSA) is 74.6 Å². The number of hydrogen-bond acceptors (Lipinski definition) is 5. The van der Waals surface area contributed by atoms with E-state index in [0.717, 1.165) is 11.4 Å². The van der Waals surface area contributed by atoms with Gasteiger partial charge in [0.1, 0.15) is 24.8 Å². The number of nitrogens with zero attached hydrogens (tertiary/aromatic N) is 2. The highest BCUT2D eigenvalue weighted by Gasteiger charge is 2.16. The highest BCUT2D eigenvalue weighted by molar-refractivity contribution is 5.76. The first-order valence-corrected chi connectivity index (χ1v) is 7.88. The summed E-state index contributed by atoms with van der Waals surface area (Å²) in [6.45, 7) is 3.95. The molecule has 2 heterocycles. The minimum atomic E-state index is -0.0277. The van der Waals surface area contributed by atoms with Crippen molar-refractivity contribution in [3.63, 3.8) is 0 Å². The molecule has 2 aromatic rings. The van der Waals surface area contributed by atoms with Crippen LogP contribution in [0.15, 0.2) is 24.5 Å². The van der Waals surface area contributed by atoms with Crippen LogP contribution in [0.3, 0.4) is 0 Å². The van der Waals surface area contributed by atoms with E-state index in [1.54, 1.807) is 19.4 Å². The summed E-state index contributed by atoms with van der Waals surface area (Å²) in [6.07, 6.45) is 3.99. The molecule has 7 nitrogen and oxygen atoms in total. The fourth-order valence-electron chi connectivity index (χ4n) is 2.58. The Kier molecular flexibility index (Phi) is 4.88. The summed E-state index contributed by atoms with van der Waals surface area (Å²) in [5, 5.41) is 2.91. The van der Waals surface area contributed by atoms with Gasteiger partial charge >= 0.3 is 0 Å². The van der Waals surface area contributed by atoms with E-state index >= 15 is 0 Å². The predicted octanol–water partition coefficient (Wildman–Crippen LogP) is 1.68. The predicted molar refractivity (Wildman–Crippen MR) is 87.4 cm³/mol. The summed E-state index contributed by atoms with van der Waals surface area (Å²) in [6, 6.07) is 3.65. The summed E-state index contributed by atoms with van der Waals surface area (Å²) >= 11 is 0. The van der Waals surface area contributed by atoms with Crippen LogP contribution in [0.2, 0.25) is 0 Å². The molecule has 1 N–H and O–H groups in total. The third kappa shape index (κ3) is 3.61. The van der Waals surface area contributed by atoms with Gasteiger partial charge in [-0.25, -0.2) is 4.98 Å². The van der Waals surface area contributed by atoms with Crippen molar-refractivity contribution >= 4 is 5.91 Å². The Morgan fingerprint density at radius 2 is 2.08 bits per heavy atom. The number of nitrogens with one attached hydrogen (secondary N) is 1. The average molecular weight is 331 g/mol. The maximum Gasteiger partial charge on any atom is 0.222 e. The summed E-state index contributed by atoms with van der Waals surface area (Å²) in [7, 11) is 1.60. The Labute approximate surface area is 140 Å². The lowest BCUT2D eigenvalue weighted by Crippen LogP contribution is -2.24. The molecule has 24 heavy (non-hydrogen) atoms. The first-order chi connectivity index (χ1) is 11.7. The van der Waals surface area contributed by atoms with Crippen molar-refractivity contribution in [3.05, 3.63) is 35.9 Å². The van der Waals surface area contributed by atoms with E-state index in [0.29, 0.717) is 50.0 Å². The van der Waals surface area contributed by atoms with Gasteiger partial charge < -0.3 is 24.1 Å². The lowest BCUT2D eigenvalue weighted by Gasteiger charge is -2.21. The number of hydrogen-bond donors (Lipinski definition) is 1. The zero-order valence-corrected chi connectivity index (χ0v) is 13.9. The normalized spacial score (nSPS) is 12.8. The molecule has 7 heteroatoms. The SMILES string of the molecule is COc1cc2c(cc1CNC(=O)CCn1ccnc1C)OCCO2. The number of fused-ring (bicyclic) bond motifs is 1. The van der Waals surface area contributed by atoms with Crippen LogP contribution in [0.1, 0.15) is 17.8 Å². The molecule has 0 saturated heterocycles. The summed E-state index contributed by atoms with van der Waals surface area (Å²) in [5.41, 5.74) is 0.855. The zero-order chi connectivity index (χ0) is 16.9. The molecule has 0 fully saturated rings. The van der Waals surface area contributed by atoms with Crippen LogP contribution >= 0.6 is 0 Å². The number of methoxy groups -OCH3 is 1. The standard InChI is InChI=1S/C17H21N3O4/c1-12-18-4-6-20(12)5-3-17(21)19-11-13-9-15-16(10-14(13)22-2)24-8-7-23-15/h4,6,9-10H,3,5,7-8,11H2,1-2H3,(H,19,21). The molecule has 1 aromatic carbocycles. The van der Waals surface area contributed by atoms with Crippen molar-refractivity contribution in [1.29, 1.82) is 0 Å². The van der Waals surface area contributed by atoms with E-state index in [1.807, 2.05) is 23.8 Å². The molecule has 0 aliphatic carbocycles. The van der Waals surface area contributed by atoms with E-state index in [-0.39, 0.29) is 5.91 Å². The van der Waals surface area contributed by atoms with Gasteiger partial charge in [0.2, 0.25) is 5.91 Å². The van der Waals surface area contributed by atoms with Crippen LogP contribution in [0.5, 0.6) is 17.2 Å². The van der Waals surface area contributed by atoms with E-state index in [2.05, 4.69) is 10.3 Å². The molecule has 0 atom stereocenters. The molecular weight excluding hydrogens is 310 g/mol. The van der Waals surface area contributed by atoms with E-state index < -0.39 is 0 Å². The number of benzene rings is 1. The number of rotatable bonds is 6. The number of aryl methyl sites for hydroxylation is 2. The zero-order valence-electron chi connectivity index (χ0n) is 13.9. The van der Waals surface area contributed by atoms with Gasteiger partial charge in [0.25, 0.3) is 0 Å². The lowest BCUT2D eigenvalue weighted by molar-refractivity contribution is -0.121. The van der Waals surface area contributed by atoms with Crippen LogP contribution in [0, 0.1) is 6.92 Å². The Bertz CT molecular complexity index is 727. The van der Waals surface area contributed by atoms with Gasteiger partial charge in [-0.05, 0) is 13.0 Å². The Morgan fingerprint density at radius 3 is 2.75 bits per heavy atom. The van der Waals surface area contributed by atoms with Crippen molar-refractivity contribution in [1.82, 2.24) is 14.9 Å². The van der Waals surface area contributed by atoms with Crippen molar-refractivity contribution in [3.8, 4) is 17.2 Å². The second-order valence-corrected chi connectivity index (χ2v) is 5.50. The third-order valence-corrected chi connectivity index (χ3v) is 3.92. The monoisotopic (exact) mass is 331 g/mol. The van der Waals surface area contributed by atoms with Gasteiger partial charge in [-0.3, -0.25) is 4.79 Å². The van der Waals surface area contributed by atoms with Crippen LogP contribution in [-0.2, 0) is 17.9 Å². The minimum absolute atomic E-state index is 0.0277. The van der Waals surface area contributed by atoms with E-state index in [1.165, 1.54) is 0 Å². The van der Waals surface area contributed by atoms with Gasteiger partial charge in [-0.1, -0.05) is 0 Å². The fraction of sp³-hybridized carbons (Fsp3) is 0.412. The van der Waals surface area contributed by atoms with Crippen molar-refractivity contribution in [2.24, 2.45) is 0 Å². The Morgan fingerprint density at radius 1 is 1.33 bits per heavy atom. The van der Waals surface area contributed by atoms with Crippen molar-refractivity contribution in [2.45, 2.75) is 26.4 Å². The quantitative estimate of drug-likeness (QED) is 0.872. The van der Waals surface area contributed by atoms with Crippen molar-refractivity contribution in [2.75, 3.05) is 20.3 Å². The smallest absolute Gasteiger partial charge is 0.222 e. The molecule has 128 valence electrons. The molecule has 0 saturated carbocycles. The maximum absolute atomic E-state index is 12.1. The van der Waals surface area contributed by atoms with Gasteiger partial charge in [0.15, 0.2) is 11.5 Å². The molecule has 1 aromatic heterocycles. The average Bonchev–Trinajstić information content (AvgIpc) is 3.02. The summed E-state index contributed by atoms with van der Waals surface area (Å²) < 4.78 is 18.4. The largest absolute Gasteiger partial charge is 0.496 e. The van der Waals surface area contributed by atoms with Crippen LogP contribution in [0.25, 0.3) is 0 Å². The van der Waals surface area contributed by atoms with E-state index in [9.17, 15) is 4.79 Å². The second kappa shape index (κ2) is 7.25. The second-order valence-electron chi connectivity index (χ2n) is 5.50. The highest BCUT2D eigenvalue weighted by Crippen LogP contribution is 2.36. The van der Waals surface area contributed by atoms with Gasteiger partial charge in [0.05, 0.1) is 7.11 Å². The number of carbonyl (C=O) groups is 1. The van der Waals surface area contributed by atoms with E-state index in [4.69, 9.17) is 14.2 Å². The van der Waals surface area contributed by atoms with Crippen LogP contribution in [0.4, 0.5) is 0 Å². The highest BCUT2D eigenvalue weighted by atomic mass is 16.6. The molecular formula is C17H21N3O4. The Balaban J connectivity index is 1.59. The van der Waals surface area contributed by atoms with Crippen LogP contribution < -0.4 is 19.5 Å². The molecule has 0 radical (unpaired) electrons. The number of imidazole rings is 1. The first-order valence-electron chi connectivity index (χ1n) is 7.88. The molecule has 0 bridgehead atoms. The van der Waals surface area contributed by atoms with Crippen molar-refractivity contribution < 1.29 is 19.0 Å². The van der Waals surface area contributed by atoms with Gasteiger partial charge in [0, 0.05) is 43.5 Å². The fourth-order valence-corrected chi connectivity index (χ4v) is 2.58. The number of carbonyl (C=O) groups excluding carboxylic acids is 1. The summed E-state index contributed by atoms with van der Waals surface area (Å²) in [5.74, 6) is 2.89. The molecule has 1 amide bonds. The third-order valence-electron chi connectivity index (χ3n) is 3.92. The molecule has 0 unspecified atom stereocenters. The Hall–Kier alpha value is -2.70. The summed E-state index contributed by atoms with van der Waals surface area (Å²) in [4.78, 5) is 16.2. The minimum Gasteiger partial charge on any atom is -0.496 e. The molecule has 3 rings (SSSR count). The maximum atomic E-state index is 12.1. The number of aromatic nitrogens is 2. The first kappa shape index (κ1) is 16.2.